The number of halogens is 1. The number of nitrogens with zero attached hydrogens (tertiary/aromatic N) is 1. The molecule has 0 bridgehead atoms. The SMILES string of the molecule is COc1cccc(NC(=O)CN(C)[C@H](C)C(=O)Nc2ccc(F)cc2)c1. The van der Waals surface area contributed by atoms with Crippen molar-refractivity contribution in [3.63, 3.8) is 0 Å². The summed E-state index contributed by atoms with van der Waals surface area (Å²) >= 11 is 0. The van der Waals surface area contributed by atoms with Crippen LogP contribution in [0.25, 0.3) is 0 Å². The lowest BCUT2D eigenvalue weighted by molar-refractivity contribution is -0.122. The predicted octanol–water partition coefficient (Wildman–Crippen LogP) is 2.73. The Morgan fingerprint density at radius 1 is 1.12 bits per heavy atom. The molecule has 0 heterocycles. The van der Waals surface area contributed by atoms with Crippen molar-refractivity contribution in [1.29, 1.82) is 0 Å². The summed E-state index contributed by atoms with van der Waals surface area (Å²) in [5.74, 6) is -0.263. The molecule has 0 saturated heterocycles. The van der Waals surface area contributed by atoms with Gasteiger partial charge in [0.05, 0.1) is 19.7 Å². The first-order chi connectivity index (χ1) is 12.4. The first-order valence-corrected chi connectivity index (χ1v) is 8.09. The molecule has 2 rings (SSSR count). The van der Waals surface area contributed by atoms with Crippen LogP contribution in [0.4, 0.5) is 15.8 Å². The van der Waals surface area contributed by atoms with Crippen LogP contribution in [-0.2, 0) is 9.59 Å². The molecular weight excluding hydrogens is 337 g/mol. The number of methoxy groups -OCH3 is 1. The van der Waals surface area contributed by atoms with Gasteiger partial charge in [0.15, 0.2) is 0 Å². The van der Waals surface area contributed by atoms with Crippen LogP contribution in [-0.4, -0.2) is 43.5 Å². The lowest BCUT2D eigenvalue weighted by Crippen LogP contribution is -2.43. The molecule has 0 spiro atoms. The highest BCUT2D eigenvalue weighted by atomic mass is 19.1. The summed E-state index contributed by atoms with van der Waals surface area (Å²) in [5.41, 5.74) is 1.11. The van der Waals surface area contributed by atoms with E-state index in [0.29, 0.717) is 17.1 Å². The number of rotatable bonds is 7. The minimum absolute atomic E-state index is 0.0369. The molecule has 2 aromatic rings. The fourth-order valence-corrected chi connectivity index (χ4v) is 2.24. The van der Waals surface area contributed by atoms with Crippen molar-refractivity contribution >= 4 is 23.2 Å². The van der Waals surface area contributed by atoms with E-state index in [1.165, 1.54) is 24.3 Å². The summed E-state index contributed by atoms with van der Waals surface area (Å²) in [6.45, 7) is 1.73. The largest absolute Gasteiger partial charge is 0.497 e. The van der Waals surface area contributed by atoms with Crippen molar-refractivity contribution in [3.05, 3.63) is 54.3 Å². The normalized spacial score (nSPS) is 11.7. The minimum Gasteiger partial charge on any atom is -0.497 e. The maximum absolute atomic E-state index is 12.9. The fraction of sp³-hybridized carbons (Fsp3) is 0.263. The molecule has 2 amide bonds. The molecule has 2 aromatic carbocycles. The molecule has 26 heavy (non-hydrogen) atoms. The van der Waals surface area contributed by atoms with E-state index in [-0.39, 0.29) is 24.2 Å². The van der Waals surface area contributed by atoms with Crippen molar-refractivity contribution in [1.82, 2.24) is 4.90 Å². The van der Waals surface area contributed by atoms with Gasteiger partial charge in [0.2, 0.25) is 11.8 Å². The van der Waals surface area contributed by atoms with E-state index in [1.807, 2.05) is 0 Å². The van der Waals surface area contributed by atoms with Gasteiger partial charge in [-0.3, -0.25) is 14.5 Å². The monoisotopic (exact) mass is 359 g/mol. The van der Waals surface area contributed by atoms with Gasteiger partial charge in [-0.15, -0.1) is 0 Å². The molecule has 6 nitrogen and oxygen atoms in total. The van der Waals surface area contributed by atoms with Gasteiger partial charge in [-0.05, 0) is 50.4 Å². The van der Waals surface area contributed by atoms with E-state index in [4.69, 9.17) is 4.74 Å². The molecule has 0 aliphatic rings. The van der Waals surface area contributed by atoms with Gasteiger partial charge in [0.25, 0.3) is 0 Å². The number of hydrogen-bond donors (Lipinski definition) is 2. The van der Waals surface area contributed by atoms with Crippen molar-refractivity contribution in [2.75, 3.05) is 31.3 Å². The van der Waals surface area contributed by atoms with Crippen LogP contribution in [0.15, 0.2) is 48.5 Å². The van der Waals surface area contributed by atoms with Crippen LogP contribution in [0.1, 0.15) is 6.92 Å². The number of anilines is 2. The molecule has 0 radical (unpaired) electrons. The molecule has 0 aliphatic carbocycles. The smallest absolute Gasteiger partial charge is 0.241 e. The van der Waals surface area contributed by atoms with Gasteiger partial charge in [-0.1, -0.05) is 6.07 Å². The Kier molecular flexibility index (Phi) is 6.68. The zero-order valence-electron chi connectivity index (χ0n) is 15.0. The molecule has 0 saturated carbocycles. The third-order valence-corrected chi connectivity index (χ3v) is 3.90. The molecule has 0 aliphatic heterocycles. The van der Waals surface area contributed by atoms with Crippen LogP contribution in [0.5, 0.6) is 5.75 Å². The molecule has 1 atom stereocenters. The van der Waals surface area contributed by atoms with Gasteiger partial charge >= 0.3 is 0 Å². The van der Waals surface area contributed by atoms with Crippen LogP contribution in [0.3, 0.4) is 0 Å². The van der Waals surface area contributed by atoms with Gasteiger partial charge in [0, 0.05) is 17.4 Å². The number of likely N-dealkylation sites (N-methyl/N-ethyl adjacent to an activating group) is 1. The number of ether oxygens (including phenoxy) is 1. The second kappa shape index (κ2) is 8.96. The summed E-state index contributed by atoms with van der Waals surface area (Å²) in [6.07, 6.45) is 0. The van der Waals surface area contributed by atoms with Crippen LogP contribution < -0.4 is 15.4 Å². The number of carbonyl (C=O) groups is 2. The zero-order chi connectivity index (χ0) is 19.1. The Morgan fingerprint density at radius 3 is 2.46 bits per heavy atom. The van der Waals surface area contributed by atoms with Crippen molar-refractivity contribution in [2.45, 2.75) is 13.0 Å². The highest BCUT2D eigenvalue weighted by Gasteiger charge is 2.20. The molecule has 138 valence electrons. The third kappa shape index (κ3) is 5.56. The number of amides is 2. The number of benzene rings is 2. The van der Waals surface area contributed by atoms with Gasteiger partial charge < -0.3 is 15.4 Å². The average molecular weight is 359 g/mol. The van der Waals surface area contributed by atoms with Crippen LogP contribution in [0.2, 0.25) is 0 Å². The van der Waals surface area contributed by atoms with Gasteiger partial charge in [0.1, 0.15) is 11.6 Å². The minimum atomic E-state index is -0.545. The standard InChI is InChI=1S/C19H22FN3O3/c1-13(19(25)22-15-9-7-14(20)8-10-15)23(2)12-18(24)21-16-5-4-6-17(11-16)26-3/h4-11,13H,12H2,1-3H3,(H,21,24)(H,22,25)/t13-/m1/s1. The van der Waals surface area contributed by atoms with E-state index in [1.54, 1.807) is 50.2 Å². The third-order valence-electron chi connectivity index (χ3n) is 3.90. The first-order valence-electron chi connectivity index (χ1n) is 8.09. The second-order valence-electron chi connectivity index (χ2n) is 5.87. The number of nitrogens with one attached hydrogen (secondary N) is 2. The van der Waals surface area contributed by atoms with E-state index in [9.17, 15) is 14.0 Å². The molecular formula is C19H22FN3O3. The Hall–Kier alpha value is -2.93. The Balaban J connectivity index is 1.88. The summed E-state index contributed by atoms with van der Waals surface area (Å²) < 4.78 is 18.0. The van der Waals surface area contributed by atoms with E-state index in [0.717, 1.165) is 0 Å². The lowest BCUT2D eigenvalue weighted by Gasteiger charge is -2.23. The van der Waals surface area contributed by atoms with Crippen molar-refractivity contribution in [3.8, 4) is 5.75 Å². The van der Waals surface area contributed by atoms with Crippen LogP contribution >= 0.6 is 0 Å². The Bertz CT molecular complexity index is 765. The van der Waals surface area contributed by atoms with Gasteiger partial charge in [-0.25, -0.2) is 4.39 Å². The summed E-state index contributed by atoms with van der Waals surface area (Å²) in [5, 5.41) is 5.46. The zero-order valence-corrected chi connectivity index (χ0v) is 15.0. The Labute approximate surface area is 152 Å². The van der Waals surface area contributed by atoms with Crippen molar-refractivity contribution < 1.29 is 18.7 Å². The quantitative estimate of drug-likeness (QED) is 0.797. The molecule has 7 heteroatoms. The van der Waals surface area contributed by atoms with E-state index < -0.39 is 6.04 Å². The second-order valence-corrected chi connectivity index (χ2v) is 5.87. The molecule has 2 N–H and O–H groups in total. The molecule has 0 aromatic heterocycles. The maximum Gasteiger partial charge on any atom is 0.241 e. The molecule has 0 unspecified atom stereocenters. The van der Waals surface area contributed by atoms with Crippen molar-refractivity contribution in [2.24, 2.45) is 0 Å². The number of carbonyl (C=O) groups excluding carboxylic acids is 2. The maximum atomic E-state index is 12.9. The van der Waals surface area contributed by atoms with E-state index >= 15 is 0 Å². The fourth-order valence-electron chi connectivity index (χ4n) is 2.24. The summed E-state index contributed by atoms with van der Waals surface area (Å²) in [4.78, 5) is 26.1. The topological polar surface area (TPSA) is 70.7 Å². The molecule has 0 fully saturated rings. The van der Waals surface area contributed by atoms with Gasteiger partial charge in [-0.2, -0.15) is 0 Å². The Morgan fingerprint density at radius 2 is 1.81 bits per heavy atom. The average Bonchev–Trinajstić information content (AvgIpc) is 2.62. The summed E-state index contributed by atoms with van der Waals surface area (Å²) in [6, 6.07) is 12.0. The summed E-state index contributed by atoms with van der Waals surface area (Å²) in [7, 11) is 3.23. The van der Waals surface area contributed by atoms with Crippen LogP contribution in [0, 0.1) is 5.82 Å². The highest BCUT2D eigenvalue weighted by Crippen LogP contribution is 2.16. The predicted molar refractivity (Wildman–Crippen MR) is 98.7 cm³/mol. The van der Waals surface area contributed by atoms with E-state index in [2.05, 4.69) is 10.6 Å². The number of hydrogen-bond acceptors (Lipinski definition) is 4. The highest BCUT2D eigenvalue weighted by molar-refractivity contribution is 5.96. The lowest BCUT2D eigenvalue weighted by atomic mass is 10.2. The first kappa shape index (κ1) is 19.4.